The summed E-state index contributed by atoms with van der Waals surface area (Å²) in [6.45, 7) is 1.56. The van der Waals surface area contributed by atoms with E-state index in [9.17, 15) is 0 Å². The van der Waals surface area contributed by atoms with Gasteiger partial charge in [0.1, 0.15) is 0 Å². The van der Waals surface area contributed by atoms with E-state index in [2.05, 4.69) is 17.4 Å². The highest BCUT2D eigenvalue weighted by Gasteiger charge is 2.11. The molecule has 2 aromatic rings. The van der Waals surface area contributed by atoms with E-state index in [1.807, 2.05) is 30.3 Å². The normalized spacial score (nSPS) is 10.2. The van der Waals surface area contributed by atoms with Crippen molar-refractivity contribution in [2.24, 2.45) is 5.73 Å². The zero-order valence-electron chi connectivity index (χ0n) is 12.6. The third-order valence-corrected chi connectivity index (χ3v) is 3.29. The molecule has 0 atom stereocenters. The lowest BCUT2D eigenvalue weighted by Crippen LogP contribution is -2.08. The Kier molecular flexibility index (Phi) is 5.46. The SMILES string of the molecule is COc1cccc(-c2cccc(NCCCN)c2)c1OC. The molecule has 0 aromatic heterocycles. The molecule has 3 N–H and O–H groups in total. The van der Waals surface area contributed by atoms with Crippen molar-refractivity contribution in [3.05, 3.63) is 42.5 Å². The molecule has 0 aliphatic rings. The van der Waals surface area contributed by atoms with Gasteiger partial charge < -0.3 is 20.5 Å². The highest BCUT2D eigenvalue weighted by molar-refractivity contribution is 5.76. The first-order valence-electron chi connectivity index (χ1n) is 7.05. The van der Waals surface area contributed by atoms with E-state index < -0.39 is 0 Å². The third-order valence-electron chi connectivity index (χ3n) is 3.29. The molecule has 0 amide bonds. The van der Waals surface area contributed by atoms with Crippen molar-refractivity contribution in [2.45, 2.75) is 6.42 Å². The minimum absolute atomic E-state index is 0.691. The Hall–Kier alpha value is -2.20. The second-order valence-electron chi connectivity index (χ2n) is 4.69. The average molecular weight is 286 g/mol. The number of nitrogens with two attached hydrogens (primary N) is 1. The molecule has 0 heterocycles. The van der Waals surface area contributed by atoms with Crippen LogP contribution in [0.15, 0.2) is 42.5 Å². The van der Waals surface area contributed by atoms with Crippen LogP contribution in [0.2, 0.25) is 0 Å². The molecule has 4 nitrogen and oxygen atoms in total. The summed E-state index contributed by atoms with van der Waals surface area (Å²) in [4.78, 5) is 0. The molecule has 0 saturated heterocycles. The summed E-state index contributed by atoms with van der Waals surface area (Å²) in [7, 11) is 3.30. The van der Waals surface area contributed by atoms with Gasteiger partial charge in [0.05, 0.1) is 14.2 Å². The van der Waals surface area contributed by atoms with E-state index in [4.69, 9.17) is 15.2 Å². The Labute approximate surface area is 125 Å². The standard InChI is InChI=1S/C17H22N2O2/c1-20-16-9-4-8-15(17(16)21-2)13-6-3-7-14(12-13)19-11-5-10-18/h3-4,6-9,12,19H,5,10-11,18H2,1-2H3. The number of anilines is 1. The van der Waals surface area contributed by atoms with E-state index in [-0.39, 0.29) is 0 Å². The molecule has 0 fully saturated rings. The first-order valence-corrected chi connectivity index (χ1v) is 7.05. The van der Waals surface area contributed by atoms with Crippen molar-refractivity contribution >= 4 is 5.69 Å². The summed E-state index contributed by atoms with van der Waals surface area (Å²) in [5, 5.41) is 3.37. The van der Waals surface area contributed by atoms with Crippen molar-refractivity contribution in [3.63, 3.8) is 0 Å². The van der Waals surface area contributed by atoms with Crippen LogP contribution in [-0.4, -0.2) is 27.3 Å². The Balaban J connectivity index is 2.31. The van der Waals surface area contributed by atoms with Gasteiger partial charge in [-0.05, 0) is 36.7 Å². The fraction of sp³-hybridized carbons (Fsp3) is 0.294. The lowest BCUT2D eigenvalue weighted by molar-refractivity contribution is 0.356. The lowest BCUT2D eigenvalue weighted by Gasteiger charge is -2.14. The topological polar surface area (TPSA) is 56.5 Å². The highest BCUT2D eigenvalue weighted by atomic mass is 16.5. The summed E-state index contributed by atoms with van der Waals surface area (Å²) in [5.41, 5.74) is 8.69. The van der Waals surface area contributed by atoms with Gasteiger partial charge in [-0.15, -0.1) is 0 Å². The molecule has 0 aliphatic heterocycles. The van der Waals surface area contributed by atoms with Crippen LogP contribution in [-0.2, 0) is 0 Å². The first kappa shape index (κ1) is 15.2. The van der Waals surface area contributed by atoms with Crippen LogP contribution in [0.4, 0.5) is 5.69 Å². The number of benzene rings is 2. The first-order chi connectivity index (χ1) is 10.3. The van der Waals surface area contributed by atoms with Crippen LogP contribution >= 0.6 is 0 Å². The second-order valence-corrected chi connectivity index (χ2v) is 4.69. The molecule has 0 unspecified atom stereocenters. The summed E-state index contributed by atoms with van der Waals surface area (Å²) >= 11 is 0. The molecule has 0 bridgehead atoms. The predicted octanol–water partition coefficient (Wildman–Crippen LogP) is 3.13. The van der Waals surface area contributed by atoms with Crippen molar-refractivity contribution in [1.82, 2.24) is 0 Å². The smallest absolute Gasteiger partial charge is 0.168 e. The number of para-hydroxylation sites is 1. The molecular formula is C17H22N2O2. The van der Waals surface area contributed by atoms with Crippen molar-refractivity contribution in [2.75, 3.05) is 32.6 Å². The minimum Gasteiger partial charge on any atom is -0.493 e. The largest absolute Gasteiger partial charge is 0.493 e. The maximum Gasteiger partial charge on any atom is 0.168 e. The second kappa shape index (κ2) is 7.55. The molecule has 0 aliphatic carbocycles. The number of methoxy groups -OCH3 is 2. The summed E-state index contributed by atoms with van der Waals surface area (Å²) in [6.07, 6.45) is 0.951. The van der Waals surface area contributed by atoms with Gasteiger partial charge >= 0.3 is 0 Å². The van der Waals surface area contributed by atoms with Gasteiger partial charge in [0.15, 0.2) is 11.5 Å². The fourth-order valence-electron chi connectivity index (χ4n) is 2.25. The number of hydrogen-bond donors (Lipinski definition) is 2. The number of ether oxygens (including phenoxy) is 2. The van der Waals surface area contributed by atoms with Crippen LogP contribution < -0.4 is 20.5 Å². The van der Waals surface area contributed by atoms with E-state index >= 15 is 0 Å². The third kappa shape index (κ3) is 3.67. The summed E-state index contributed by atoms with van der Waals surface area (Å²) in [6, 6.07) is 14.1. The van der Waals surface area contributed by atoms with Gasteiger partial charge in [-0.1, -0.05) is 24.3 Å². The highest BCUT2D eigenvalue weighted by Crippen LogP contribution is 2.38. The molecule has 2 rings (SSSR count). The quantitative estimate of drug-likeness (QED) is 0.768. The molecule has 112 valence electrons. The van der Waals surface area contributed by atoms with E-state index in [1.165, 1.54) is 0 Å². The molecule has 4 heteroatoms. The maximum atomic E-state index is 5.51. The van der Waals surface area contributed by atoms with Crippen molar-refractivity contribution < 1.29 is 9.47 Å². The predicted molar refractivity (Wildman–Crippen MR) is 87.1 cm³/mol. The fourth-order valence-corrected chi connectivity index (χ4v) is 2.25. The Morgan fingerprint density at radius 1 is 1.05 bits per heavy atom. The Bertz CT molecular complexity index is 585. The average Bonchev–Trinajstić information content (AvgIpc) is 2.54. The number of hydrogen-bond acceptors (Lipinski definition) is 4. The zero-order valence-corrected chi connectivity index (χ0v) is 12.6. The van der Waals surface area contributed by atoms with E-state index in [0.717, 1.165) is 41.3 Å². The van der Waals surface area contributed by atoms with Gasteiger partial charge in [0.2, 0.25) is 0 Å². The van der Waals surface area contributed by atoms with Crippen molar-refractivity contribution in [3.8, 4) is 22.6 Å². The van der Waals surface area contributed by atoms with Crippen LogP contribution in [0.3, 0.4) is 0 Å². The molecule has 0 saturated carbocycles. The van der Waals surface area contributed by atoms with Gasteiger partial charge in [0, 0.05) is 17.8 Å². The van der Waals surface area contributed by atoms with E-state index in [1.54, 1.807) is 14.2 Å². The Morgan fingerprint density at radius 2 is 1.86 bits per heavy atom. The Morgan fingerprint density at radius 3 is 2.57 bits per heavy atom. The van der Waals surface area contributed by atoms with Crippen LogP contribution in [0.1, 0.15) is 6.42 Å². The summed E-state index contributed by atoms with van der Waals surface area (Å²) in [5.74, 6) is 1.48. The number of nitrogens with one attached hydrogen (secondary N) is 1. The lowest BCUT2D eigenvalue weighted by atomic mass is 10.0. The minimum atomic E-state index is 0.691. The van der Waals surface area contributed by atoms with E-state index in [0.29, 0.717) is 6.54 Å². The zero-order chi connectivity index (χ0) is 15.1. The van der Waals surface area contributed by atoms with Crippen LogP contribution in [0.25, 0.3) is 11.1 Å². The van der Waals surface area contributed by atoms with Crippen LogP contribution in [0, 0.1) is 0 Å². The van der Waals surface area contributed by atoms with Gasteiger partial charge in [-0.2, -0.15) is 0 Å². The van der Waals surface area contributed by atoms with Gasteiger partial charge in [-0.3, -0.25) is 0 Å². The molecule has 0 spiro atoms. The number of rotatable bonds is 7. The molecule has 21 heavy (non-hydrogen) atoms. The van der Waals surface area contributed by atoms with Crippen LogP contribution in [0.5, 0.6) is 11.5 Å². The monoisotopic (exact) mass is 286 g/mol. The molecule has 2 aromatic carbocycles. The van der Waals surface area contributed by atoms with Gasteiger partial charge in [-0.25, -0.2) is 0 Å². The molecular weight excluding hydrogens is 264 g/mol. The van der Waals surface area contributed by atoms with Gasteiger partial charge in [0.25, 0.3) is 0 Å². The summed E-state index contributed by atoms with van der Waals surface area (Å²) < 4.78 is 10.9. The molecule has 0 radical (unpaired) electrons. The maximum absolute atomic E-state index is 5.51. The van der Waals surface area contributed by atoms with Crippen molar-refractivity contribution in [1.29, 1.82) is 0 Å².